The number of carboxylic acid groups (broad SMARTS) is 1. The van der Waals surface area contributed by atoms with Crippen LogP contribution in [0.5, 0.6) is 5.75 Å². The number of hydrogen-bond donors (Lipinski definition) is 1. The third-order valence-corrected chi connectivity index (χ3v) is 3.16. The van der Waals surface area contributed by atoms with Crippen LogP contribution in [0, 0.1) is 22.5 Å². The number of nitro groups is 1. The average molecular weight is 281 g/mol. The Balaban J connectivity index is 2.63. The summed E-state index contributed by atoms with van der Waals surface area (Å²) in [6, 6.07) is 4.74. The number of hydrogen-bond acceptors (Lipinski definition) is 4. The maximum absolute atomic E-state index is 11.0. The number of aliphatic carboxylic acids is 1. The van der Waals surface area contributed by atoms with Crippen molar-refractivity contribution in [2.45, 2.75) is 33.6 Å². The lowest BCUT2D eigenvalue weighted by atomic mass is 9.88. The topological polar surface area (TPSA) is 89.7 Å². The number of aryl methyl sites for hydroxylation is 1. The van der Waals surface area contributed by atoms with E-state index in [4.69, 9.17) is 9.84 Å². The SMILES string of the molecule is Cc1cccc([N+](=O)[O-])c1OCCCC(C)(C)C(=O)O. The number of carbonyl (C=O) groups is 1. The van der Waals surface area contributed by atoms with Crippen molar-refractivity contribution in [1.29, 1.82) is 0 Å². The molecule has 0 aliphatic rings. The van der Waals surface area contributed by atoms with E-state index >= 15 is 0 Å². The molecule has 20 heavy (non-hydrogen) atoms. The Morgan fingerprint density at radius 3 is 2.65 bits per heavy atom. The van der Waals surface area contributed by atoms with Gasteiger partial charge in [-0.05, 0) is 39.2 Å². The normalized spacial score (nSPS) is 11.2. The van der Waals surface area contributed by atoms with E-state index in [-0.39, 0.29) is 18.0 Å². The lowest BCUT2D eigenvalue weighted by Gasteiger charge is -2.18. The van der Waals surface area contributed by atoms with Crippen LogP contribution in [0.25, 0.3) is 0 Å². The van der Waals surface area contributed by atoms with Gasteiger partial charge in [0, 0.05) is 6.07 Å². The highest BCUT2D eigenvalue weighted by Gasteiger charge is 2.26. The summed E-state index contributed by atoms with van der Waals surface area (Å²) >= 11 is 0. The van der Waals surface area contributed by atoms with Gasteiger partial charge in [0.05, 0.1) is 16.9 Å². The summed E-state index contributed by atoms with van der Waals surface area (Å²) in [6.07, 6.45) is 0.965. The Morgan fingerprint density at radius 2 is 2.10 bits per heavy atom. The van der Waals surface area contributed by atoms with Gasteiger partial charge in [-0.1, -0.05) is 12.1 Å². The monoisotopic (exact) mass is 281 g/mol. The second-order valence-electron chi connectivity index (χ2n) is 5.32. The molecule has 0 atom stereocenters. The van der Waals surface area contributed by atoms with Gasteiger partial charge in [0.25, 0.3) is 0 Å². The molecule has 6 heteroatoms. The molecule has 0 saturated heterocycles. The van der Waals surface area contributed by atoms with Gasteiger partial charge in [-0.2, -0.15) is 0 Å². The molecule has 0 amide bonds. The molecule has 0 spiro atoms. The molecule has 0 saturated carbocycles. The summed E-state index contributed by atoms with van der Waals surface area (Å²) in [4.78, 5) is 21.4. The van der Waals surface area contributed by atoms with Crippen LogP contribution >= 0.6 is 0 Å². The molecule has 0 aliphatic carbocycles. The highest BCUT2D eigenvalue weighted by Crippen LogP contribution is 2.31. The summed E-state index contributed by atoms with van der Waals surface area (Å²) in [5, 5.41) is 19.9. The van der Waals surface area contributed by atoms with Crippen LogP contribution < -0.4 is 4.74 Å². The van der Waals surface area contributed by atoms with Crippen molar-refractivity contribution in [3.05, 3.63) is 33.9 Å². The first-order chi connectivity index (χ1) is 9.25. The van der Waals surface area contributed by atoms with E-state index in [1.165, 1.54) is 6.07 Å². The summed E-state index contributed by atoms with van der Waals surface area (Å²) in [6.45, 7) is 5.28. The number of nitrogens with zero attached hydrogens (tertiary/aromatic N) is 1. The van der Waals surface area contributed by atoms with Crippen LogP contribution in [0.15, 0.2) is 18.2 Å². The maximum atomic E-state index is 11.0. The molecule has 0 bridgehead atoms. The summed E-state index contributed by atoms with van der Waals surface area (Å²) in [5.41, 5.74) is -0.194. The Morgan fingerprint density at radius 1 is 1.45 bits per heavy atom. The zero-order valence-corrected chi connectivity index (χ0v) is 11.9. The van der Waals surface area contributed by atoms with E-state index in [0.29, 0.717) is 18.4 Å². The third-order valence-electron chi connectivity index (χ3n) is 3.16. The van der Waals surface area contributed by atoms with E-state index < -0.39 is 16.3 Å². The van der Waals surface area contributed by atoms with Gasteiger partial charge in [-0.15, -0.1) is 0 Å². The fourth-order valence-corrected chi connectivity index (χ4v) is 1.76. The van der Waals surface area contributed by atoms with Crippen molar-refractivity contribution < 1.29 is 19.6 Å². The molecule has 0 aliphatic heterocycles. The lowest BCUT2D eigenvalue weighted by molar-refractivity contribution is -0.385. The molecular formula is C14H19NO5. The van der Waals surface area contributed by atoms with Gasteiger partial charge < -0.3 is 9.84 Å². The highest BCUT2D eigenvalue weighted by molar-refractivity contribution is 5.73. The molecule has 1 N–H and O–H groups in total. The van der Waals surface area contributed by atoms with Gasteiger partial charge in [0.1, 0.15) is 0 Å². The molecule has 0 heterocycles. The number of nitro benzene ring substituents is 1. The molecule has 0 unspecified atom stereocenters. The van der Waals surface area contributed by atoms with Crippen LogP contribution in [0.4, 0.5) is 5.69 Å². The summed E-state index contributed by atoms with van der Waals surface area (Å²) in [5.74, 6) is -0.606. The van der Waals surface area contributed by atoms with E-state index in [1.54, 1.807) is 32.9 Å². The fraction of sp³-hybridized carbons (Fsp3) is 0.500. The standard InChI is InChI=1S/C14H19NO5/c1-10-6-4-7-11(15(18)19)12(10)20-9-5-8-14(2,3)13(16)17/h4,6-7H,5,8-9H2,1-3H3,(H,16,17). The van der Waals surface area contributed by atoms with Crippen molar-refractivity contribution in [3.8, 4) is 5.75 Å². The van der Waals surface area contributed by atoms with Crippen molar-refractivity contribution >= 4 is 11.7 Å². The van der Waals surface area contributed by atoms with E-state index in [0.717, 1.165) is 0 Å². The largest absolute Gasteiger partial charge is 0.487 e. The van der Waals surface area contributed by atoms with E-state index in [1.807, 2.05) is 0 Å². The molecule has 1 aromatic rings. The first-order valence-electron chi connectivity index (χ1n) is 6.36. The molecular weight excluding hydrogens is 262 g/mol. The predicted molar refractivity (Wildman–Crippen MR) is 74.0 cm³/mol. The predicted octanol–water partition coefficient (Wildman–Crippen LogP) is 3.17. The fourth-order valence-electron chi connectivity index (χ4n) is 1.76. The van der Waals surface area contributed by atoms with Crippen molar-refractivity contribution in [2.24, 2.45) is 5.41 Å². The lowest BCUT2D eigenvalue weighted by Crippen LogP contribution is -2.24. The van der Waals surface area contributed by atoms with Crippen molar-refractivity contribution in [3.63, 3.8) is 0 Å². The second-order valence-corrected chi connectivity index (χ2v) is 5.32. The quantitative estimate of drug-likeness (QED) is 0.471. The number of para-hydroxylation sites is 1. The Labute approximate surface area is 117 Å². The Bertz CT molecular complexity index is 510. The molecule has 0 fully saturated rings. The molecule has 110 valence electrons. The smallest absolute Gasteiger partial charge is 0.311 e. The second kappa shape index (κ2) is 6.36. The minimum atomic E-state index is -0.862. The zero-order valence-electron chi connectivity index (χ0n) is 11.9. The Hall–Kier alpha value is -2.11. The molecule has 1 rings (SSSR count). The van der Waals surface area contributed by atoms with Gasteiger partial charge in [0.2, 0.25) is 0 Å². The van der Waals surface area contributed by atoms with Gasteiger partial charge in [-0.3, -0.25) is 14.9 Å². The molecule has 0 aromatic heterocycles. The van der Waals surface area contributed by atoms with E-state index in [2.05, 4.69) is 0 Å². The molecule has 6 nitrogen and oxygen atoms in total. The first kappa shape index (κ1) is 15.9. The minimum absolute atomic E-state index is 0.0671. The first-order valence-corrected chi connectivity index (χ1v) is 6.36. The van der Waals surface area contributed by atoms with Crippen LogP contribution in [0.3, 0.4) is 0 Å². The molecule has 1 aromatic carbocycles. The van der Waals surface area contributed by atoms with Gasteiger partial charge in [0.15, 0.2) is 5.75 Å². The number of benzene rings is 1. The van der Waals surface area contributed by atoms with Gasteiger partial charge >= 0.3 is 11.7 Å². The number of rotatable bonds is 7. The zero-order chi connectivity index (χ0) is 15.3. The highest BCUT2D eigenvalue weighted by atomic mass is 16.6. The average Bonchev–Trinajstić information content (AvgIpc) is 2.35. The number of carboxylic acids is 1. The third kappa shape index (κ3) is 3.94. The van der Waals surface area contributed by atoms with E-state index in [9.17, 15) is 14.9 Å². The van der Waals surface area contributed by atoms with Gasteiger partial charge in [-0.25, -0.2) is 0 Å². The minimum Gasteiger partial charge on any atom is -0.487 e. The van der Waals surface area contributed by atoms with Crippen LogP contribution in [0.2, 0.25) is 0 Å². The Kier molecular flexibility index (Phi) is 5.07. The summed E-state index contributed by atoms with van der Waals surface area (Å²) in [7, 11) is 0. The maximum Gasteiger partial charge on any atom is 0.311 e. The van der Waals surface area contributed by atoms with Crippen molar-refractivity contribution in [2.75, 3.05) is 6.61 Å². The summed E-state index contributed by atoms with van der Waals surface area (Å²) < 4.78 is 5.47. The van der Waals surface area contributed by atoms with Crippen LogP contribution in [-0.2, 0) is 4.79 Å². The van der Waals surface area contributed by atoms with Crippen LogP contribution in [-0.4, -0.2) is 22.6 Å². The van der Waals surface area contributed by atoms with Crippen molar-refractivity contribution in [1.82, 2.24) is 0 Å². The van der Waals surface area contributed by atoms with Crippen LogP contribution in [0.1, 0.15) is 32.3 Å². The number of ether oxygens (including phenoxy) is 1. The molecule has 0 radical (unpaired) electrons.